The molecule has 2 aliphatic rings. The van der Waals surface area contributed by atoms with Gasteiger partial charge in [0.25, 0.3) is 0 Å². The molecule has 1 aromatic carbocycles. The van der Waals surface area contributed by atoms with Gasteiger partial charge in [-0.3, -0.25) is 0 Å². The third-order valence-electron chi connectivity index (χ3n) is 3.45. The van der Waals surface area contributed by atoms with E-state index in [1.165, 1.54) is 14.2 Å². The molecule has 0 atom stereocenters. The van der Waals surface area contributed by atoms with E-state index >= 15 is 0 Å². The number of methoxy groups -OCH3 is 2. The van der Waals surface area contributed by atoms with Crippen molar-refractivity contribution in [3.63, 3.8) is 0 Å². The fraction of sp³-hybridized carbons (Fsp3) is 0.312. The third-order valence-corrected chi connectivity index (χ3v) is 7.70. The number of rotatable bonds is 3. The molecule has 0 radical (unpaired) electrons. The van der Waals surface area contributed by atoms with Crippen molar-refractivity contribution in [1.29, 1.82) is 0 Å². The monoisotopic (exact) mass is 381 g/mol. The Balaban J connectivity index is 2.16. The summed E-state index contributed by atoms with van der Waals surface area (Å²) in [7, 11) is 2.61. The Morgan fingerprint density at radius 2 is 1.67 bits per heavy atom. The van der Waals surface area contributed by atoms with Gasteiger partial charge in [-0.2, -0.15) is 0 Å². The minimum absolute atomic E-state index is 0.250. The topological polar surface area (TPSA) is 65.0 Å². The number of benzene rings is 1. The summed E-state index contributed by atoms with van der Waals surface area (Å²) < 4.78 is 8.98. The SMILES string of the molecule is COC(=O)C1=C(C(=O)OC)C2(N=C(c3ccccc3)S1)SCCS2. The number of esters is 2. The summed E-state index contributed by atoms with van der Waals surface area (Å²) in [6, 6.07) is 9.61. The molecule has 1 aromatic rings. The highest BCUT2D eigenvalue weighted by molar-refractivity contribution is 8.22. The Kier molecular flexibility index (Phi) is 5.27. The zero-order valence-electron chi connectivity index (χ0n) is 13.1. The zero-order chi connectivity index (χ0) is 17.2. The second kappa shape index (κ2) is 7.25. The fourth-order valence-electron chi connectivity index (χ4n) is 2.38. The maximum Gasteiger partial charge on any atom is 0.345 e. The molecule has 126 valence electrons. The van der Waals surface area contributed by atoms with E-state index in [0.717, 1.165) is 28.8 Å². The predicted octanol–water partition coefficient (Wildman–Crippen LogP) is 2.91. The van der Waals surface area contributed by atoms with E-state index in [-0.39, 0.29) is 10.5 Å². The number of nitrogens with zero attached hydrogens (tertiary/aromatic N) is 1. The largest absolute Gasteiger partial charge is 0.466 e. The molecule has 0 aromatic heterocycles. The summed E-state index contributed by atoms with van der Waals surface area (Å²) in [4.78, 5) is 29.8. The summed E-state index contributed by atoms with van der Waals surface area (Å²) in [5.74, 6) is 0.600. The van der Waals surface area contributed by atoms with Gasteiger partial charge < -0.3 is 9.47 Å². The van der Waals surface area contributed by atoms with Gasteiger partial charge >= 0.3 is 11.9 Å². The van der Waals surface area contributed by atoms with Crippen molar-refractivity contribution in [3.8, 4) is 0 Å². The number of hydrogen-bond donors (Lipinski definition) is 0. The van der Waals surface area contributed by atoms with E-state index in [2.05, 4.69) is 0 Å². The first kappa shape index (κ1) is 17.4. The molecule has 2 aliphatic heterocycles. The quantitative estimate of drug-likeness (QED) is 0.746. The summed E-state index contributed by atoms with van der Waals surface area (Å²) in [6.45, 7) is 0. The van der Waals surface area contributed by atoms with Crippen LogP contribution in [-0.2, 0) is 19.1 Å². The molecule has 1 fully saturated rings. The van der Waals surface area contributed by atoms with Crippen LogP contribution in [0.3, 0.4) is 0 Å². The highest BCUT2D eigenvalue weighted by Crippen LogP contribution is 2.55. The average molecular weight is 382 g/mol. The van der Waals surface area contributed by atoms with Gasteiger partial charge in [-0.25, -0.2) is 14.6 Å². The predicted molar refractivity (Wildman–Crippen MR) is 99.3 cm³/mol. The van der Waals surface area contributed by atoms with Crippen molar-refractivity contribution >= 4 is 52.3 Å². The van der Waals surface area contributed by atoms with Gasteiger partial charge in [-0.15, -0.1) is 23.5 Å². The van der Waals surface area contributed by atoms with Crippen molar-refractivity contribution in [3.05, 3.63) is 46.4 Å². The van der Waals surface area contributed by atoms with Gasteiger partial charge in [-0.05, 0) is 0 Å². The van der Waals surface area contributed by atoms with Crippen LogP contribution >= 0.6 is 35.3 Å². The maximum atomic E-state index is 12.4. The molecule has 5 nitrogen and oxygen atoms in total. The Bertz CT molecular complexity index is 724. The van der Waals surface area contributed by atoms with Crippen molar-refractivity contribution in [2.45, 2.75) is 4.20 Å². The van der Waals surface area contributed by atoms with Gasteiger partial charge in [0.05, 0.1) is 14.2 Å². The molecular formula is C16H15NO4S3. The zero-order valence-corrected chi connectivity index (χ0v) is 15.6. The van der Waals surface area contributed by atoms with Gasteiger partial charge in [0, 0.05) is 17.1 Å². The molecule has 8 heteroatoms. The van der Waals surface area contributed by atoms with E-state index in [9.17, 15) is 9.59 Å². The molecule has 2 heterocycles. The molecule has 1 saturated heterocycles. The lowest BCUT2D eigenvalue weighted by atomic mass is 10.2. The van der Waals surface area contributed by atoms with Crippen LogP contribution in [0.5, 0.6) is 0 Å². The molecular weight excluding hydrogens is 366 g/mol. The molecule has 1 spiro atoms. The Morgan fingerprint density at radius 1 is 1.04 bits per heavy atom. The van der Waals surface area contributed by atoms with Crippen LogP contribution < -0.4 is 0 Å². The standard InChI is InChI=1S/C16H15NO4S3/c1-20-14(18)11-12(15(19)21-2)24-13(10-6-4-3-5-7-10)17-16(11)22-8-9-23-16/h3-7H,8-9H2,1-2H3. The lowest BCUT2D eigenvalue weighted by molar-refractivity contribution is -0.138. The summed E-state index contributed by atoms with van der Waals surface area (Å²) >= 11 is 4.24. The van der Waals surface area contributed by atoms with Crippen LogP contribution in [0.2, 0.25) is 0 Å². The Hall–Kier alpha value is -1.38. The molecule has 0 unspecified atom stereocenters. The minimum atomic E-state index is -0.854. The second-order valence-electron chi connectivity index (χ2n) is 4.85. The highest BCUT2D eigenvalue weighted by atomic mass is 32.2. The molecule has 3 rings (SSSR count). The van der Waals surface area contributed by atoms with Crippen LogP contribution in [0.1, 0.15) is 5.56 Å². The van der Waals surface area contributed by atoms with Crippen molar-refractivity contribution in [2.75, 3.05) is 25.7 Å². The first-order valence-corrected chi connectivity index (χ1v) is 9.92. The number of carbonyl (C=O) groups is 2. The van der Waals surface area contributed by atoms with Crippen LogP contribution in [-0.4, -0.2) is 46.9 Å². The second-order valence-corrected chi connectivity index (χ2v) is 8.68. The van der Waals surface area contributed by atoms with E-state index in [1.807, 2.05) is 30.3 Å². The Morgan fingerprint density at radius 3 is 2.25 bits per heavy atom. The van der Waals surface area contributed by atoms with Crippen LogP contribution in [0.4, 0.5) is 0 Å². The van der Waals surface area contributed by atoms with E-state index in [1.54, 1.807) is 23.5 Å². The lowest BCUT2D eigenvalue weighted by Gasteiger charge is -2.31. The van der Waals surface area contributed by atoms with Crippen LogP contribution in [0.15, 0.2) is 45.8 Å². The molecule has 0 bridgehead atoms. The van der Waals surface area contributed by atoms with E-state index in [4.69, 9.17) is 14.5 Å². The van der Waals surface area contributed by atoms with Crippen LogP contribution in [0, 0.1) is 0 Å². The summed E-state index contributed by atoms with van der Waals surface area (Å²) in [5.41, 5.74) is 1.18. The van der Waals surface area contributed by atoms with Crippen LogP contribution in [0.25, 0.3) is 0 Å². The molecule has 24 heavy (non-hydrogen) atoms. The summed E-state index contributed by atoms with van der Waals surface area (Å²) in [5, 5.41) is 0.700. The third kappa shape index (κ3) is 3.10. The normalized spacial score (nSPS) is 19.2. The van der Waals surface area contributed by atoms with Crippen molar-refractivity contribution < 1.29 is 19.1 Å². The lowest BCUT2D eigenvalue weighted by Crippen LogP contribution is -2.32. The maximum absolute atomic E-state index is 12.4. The van der Waals surface area contributed by atoms with Crippen molar-refractivity contribution in [1.82, 2.24) is 0 Å². The van der Waals surface area contributed by atoms with E-state index in [0.29, 0.717) is 5.04 Å². The van der Waals surface area contributed by atoms with Crippen molar-refractivity contribution in [2.24, 2.45) is 4.99 Å². The number of carbonyl (C=O) groups excluding carboxylic acids is 2. The minimum Gasteiger partial charge on any atom is -0.466 e. The highest BCUT2D eigenvalue weighted by Gasteiger charge is 2.49. The van der Waals surface area contributed by atoms with Gasteiger partial charge in [-0.1, -0.05) is 42.1 Å². The fourth-order valence-corrected chi connectivity index (χ4v) is 6.78. The first-order chi connectivity index (χ1) is 11.6. The Labute approximate surface area is 152 Å². The first-order valence-electron chi connectivity index (χ1n) is 7.13. The molecule has 0 amide bonds. The molecule has 0 aliphatic carbocycles. The number of ether oxygens (including phenoxy) is 2. The molecule has 0 saturated carbocycles. The van der Waals surface area contributed by atoms with Gasteiger partial charge in [0.15, 0.2) is 4.20 Å². The van der Waals surface area contributed by atoms with Gasteiger partial charge in [0.1, 0.15) is 15.5 Å². The summed E-state index contributed by atoms with van der Waals surface area (Å²) in [6.07, 6.45) is 0. The number of thioether (sulfide) groups is 3. The smallest absolute Gasteiger partial charge is 0.345 e. The molecule has 0 N–H and O–H groups in total. The number of hydrogen-bond acceptors (Lipinski definition) is 8. The van der Waals surface area contributed by atoms with Gasteiger partial charge in [0.2, 0.25) is 0 Å². The van der Waals surface area contributed by atoms with E-state index < -0.39 is 16.1 Å². The number of aliphatic imine (C=N–C) groups is 1. The average Bonchev–Trinajstić information content (AvgIpc) is 3.08.